The van der Waals surface area contributed by atoms with Crippen molar-refractivity contribution in [3.05, 3.63) is 64.3 Å². The van der Waals surface area contributed by atoms with Crippen LogP contribution in [0.3, 0.4) is 0 Å². The van der Waals surface area contributed by atoms with Gasteiger partial charge in [0.2, 0.25) is 5.43 Å². The van der Waals surface area contributed by atoms with E-state index in [1.807, 2.05) is 6.07 Å². The number of rotatable bonds is 2. The maximum atomic E-state index is 12.4. The van der Waals surface area contributed by atoms with Crippen LogP contribution in [0.2, 0.25) is 0 Å². The van der Waals surface area contributed by atoms with Gasteiger partial charge in [-0.15, -0.1) is 0 Å². The van der Waals surface area contributed by atoms with Crippen LogP contribution in [0.15, 0.2) is 57.7 Å². The van der Waals surface area contributed by atoms with Gasteiger partial charge in [-0.3, -0.25) is 4.79 Å². The smallest absolute Gasteiger partial charge is 0.211 e. The van der Waals surface area contributed by atoms with Crippen LogP contribution in [0.4, 0.5) is 0 Å². The van der Waals surface area contributed by atoms with E-state index in [4.69, 9.17) is 9.15 Å². The van der Waals surface area contributed by atoms with Crippen LogP contribution in [0.5, 0.6) is 5.75 Å². The van der Waals surface area contributed by atoms with Gasteiger partial charge in [-0.05, 0) is 36.4 Å². The first kappa shape index (κ1) is 12.9. The number of methoxy groups -OCH3 is 1. The molecule has 0 saturated heterocycles. The van der Waals surface area contributed by atoms with Crippen LogP contribution in [-0.4, -0.2) is 7.11 Å². The Kier molecular flexibility index (Phi) is 3.17. The molecule has 0 unspecified atom stereocenters. The SMILES string of the molecule is COc1ccc(-c2oc3ccccc3c(=O)c2C#N)cc1. The maximum Gasteiger partial charge on any atom is 0.211 e. The quantitative estimate of drug-likeness (QED) is 0.720. The number of hydrogen-bond donors (Lipinski definition) is 0. The summed E-state index contributed by atoms with van der Waals surface area (Å²) >= 11 is 0. The van der Waals surface area contributed by atoms with Crippen molar-refractivity contribution >= 4 is 11.0 Å². The standard InChI is InChI=1S/C17H11NO3/c1-20-12-8-6-11(7-9-12)17-14(10-18)16(19)13-4-2-3-5-15(13)21-17/h2-9H,1H3. The summed E-state index contributed by atoms with van der Waals surface area (Å²) in [5.41, 5.74) is 0.826. The van der Waals surface area contributed by atoms with Crippen molar-refractivity contribution in [1.29, 1.82) is 5.26 Å². The highest BCUT2D eigenvalue weighted by atomic mass is 16.5. The molecule has 1 heterocycles. The fourth-order valence-electron chi connectivity index (χ4n) is 2.19. The van der Waals surface area contributed by atoms with E-state index >= 15 is 0 Å². The minimum Gasteiger partial charge on any atom is -0.497 e. The number of nitriles is 1. The summed E-state index contributed by atoms with van der Waals surface area (Å²) < 4.78 is 10.9. The largest absolute Gasteiger partial charge is 0.497 e. The maximum absolute atomic E-state index is 12.4. The van der Waals surface area contributed by atoms with Crippen LogP contribution in [0.25, 0.3) is 22.3 Å². The highest BCUT2D eigenvalue weighted by molar-refractivity contribution is 5.81. The van der Waals surface area contributed by atoms with E-state index in [-0.39, 0.29) is 16.8 Å². The second-order valence-corrected chi connectivity index (χ2v) is 4.47. The molecule has 0 aliphatic heterocycles. The molecule has 4 nitrogen and oxygen atoms in total. The molecular formula is C17H11NO3. The zero-order valence-corrected chi connectivity index (χ0v) is 11.3. The van der Waals surface area contributed by atoms with Crippen LogP contribution >= 0.6 is 0 Å². The van der Waals surface area contributed by atoms with Gasteiger partial charge in [0.1, 0.15) is 23.0 Å². The van der Waals surface area contributed by atoms with Crippen LogP contribution in [-0.2, 0) is 0 Å². The monoisotopic (exact) mass is 277 g/mol. The lowest BCUT2D eigenvalue weighted by molar-refractivity contribution is 0.415. The number of ether oxygens (including phenoxy) is 1. The third kappa shape index (κ3) is 2.15. The molecule has 0 N–H and O–H groups in total. The molecule has 0 bridgehead atoms. The topological polar surface area (TPSA) is 63.2 Å². The zero-order chi connectivity index (χ0) is 14.8. The predicted molar refractivity (Wildman–Crippen MR) is 79.2 cm³/mol. The van der Waals surface area contributed by atoms with E-state index in [1.165, 1.54) is 0 Å². The van der Waals surface area contributed by atoms with Gasteiger partial charge in [0.15, 0.2) is 5.76 Å². The van der Waals surface area contributed by atoms with Gasteiger partial charge in [0.25, 0.3) is 0 Å². The molecule has 1 aromatic heterocycles. The van der Waals surface area contributed by atoms with Gasteiger partial charge >= 0.3 is 0 Å². The molecule has 0 spiro atoms. The van der Waals surface area contributed by atoms with Gasteiger partial charge in [-0.25, -0.2) is 0 Å². The number of hydrogen-bond acceptors (Lipinski definition) is 4. The lowest BCUT2D eigenvalue weighted by atomic mass is 10.1. The first-order chi connectivity index (χ1) is 10.2. The summed E-state index contributed by atoms with van der Waals surface area (Å²) in [5, 5.41) is 9.69. The number of fused-ring (bicyclic) bond motifs is 1. The summed E-state index contributed by atoms with van der Waals surface area (Å²) in [6.07, 6.45) is 0. The van der Waals surface area contributed by atoms with Crippen LogP contribution in [0, 0.1) is 11.3 Å². The Morgan fingerprint density at radius 3 is 2.48 bits per heavy atom. The van der Waals surface area contributed by atoms with E-state index in [1.54, 1.807) is 55.6 Å². The van der Waals surface area contributed by atoms with E-state index in [0.29, 0.717) is 22.3 Å². The lowest BCUT2D eigenvalue weighted by Crippen LogP contribution is -2.08. The third-order valence-electron chi connectivity index (χ3n) is 3.26. The first-order valence-electron chi connectivity index (χ1n) is 6.35. The molecule has 4 heteroatoms. The lowest BCUT2D eigenvalue weighted by Gasteiger charge is -2.06. The molecule has 0 atom stereocenters. The number of para-hydroxylation sites is 1. The number of benzene rings is 2. The van der Waals surface area contributed by atoms with E-state index in [0.717, 1.165) is 0 Å². The number of nitrogens with zero attached hydrogens (tertiary/aromatic N) is 1. The van der Waals surface area contributed by atoms with Crippen molar-refractivity contribution in [3.8, 4) is 23.1 Å². The van der Waals surface area contributed by atoms with Crippen LogP contribution < -0.4 is 10.2 Å². The fourth-order valence-corrected chi connectivity index (χ4v) is 2.19. The van der Waals surface area contributed by atoms with Gasteiger partial charge in [0.05, 0.1) is 12.5 Å². The molecule has 0 saturated carbocycles. The van der Waals surface area contributed by atoms with Crippen molar-refractivity contribution in [2.75, 3.05) is 7.11 Å². The molecule has 0 aliphatic rings. The van der Waals surface area contributed by atoms with E-state index < -0.39 is 0 Å². The highest BCUT2D eigenvalue weighted by Crippen LogP contribution is 2.27. The van der Waals surface area contributed by atoms with E-state index in [2.05, 4.69) is 0 Å². The third-order valence-corrected chi connectivity index (χ3v) is 3.26. The Morgan fingerprint density at radius 1 is 1.10 bits per heavy atom. The Morgan fingerprint density at radius 2 is 1.81 bits per heavy atom. The van der Waals surface area contributed by atoms with Crippen molar-refractivity contribution < 1.29 is 9.15 Å². The minimum atomic E-state index is -0.315. The van der Waals surface area contributed by atoms with Crippen molar-refractivity contribution in [1.82, 2.24) is 0 Å². The Bertz CT molecular complexity index is 902. The second-order valence-electron chi connectivity index (χ2n) is 4.47. The zero-order valence-electron chi connectivity index (χ0n) is 11.3. The predicted octanol–water partition coefficient (Wildman–Crippen LogP) is 3.34. The molecule has 0 amide bonds. The van der Waals surface area contributed by atoms with Gasteiger partial charge in [0, 0.05) is 5.56 Å². The van der Waals surface area contributed by atoms with Gasteiger partial charge in [-0.1, -0.05) is 12.1 Å². The molecule has 3 aromatic rings. The molecule has 21 heavy (non-hydrogen) atoms. The fraction of sp³-hybridized carbons (Fsp3) is 0.0588. The van der Waals surface area contributed by atoms with Crippen molar-refractivity contribution in [2.24, 2.45) is 0 Å². The van der Waals surface area contributed by atoms with Crippen molar-refractivity contribution in [3.63, 3.8) is 0 Å². The molecule has 0 fully saturated rings. The first-order valence-corrected chi connectivity index (χ1v) is 6.35. The van der Waals surface area contributed by atoms with Gasteiger partial charge in [-0.2, -0.15) is 5.26 Å². The molecule has 0 aliphatic carbocycles. The normalized spacial score (nSPS) is 10.3. The summed E-state index contributed by atoms with van der Waals surface area (Å²) in [7, 11) is 1.58. The summed E-state index contributed by atoms with van der Waals surface area (Å²) in [4.78, 5) is 12.4. The average Bonchev–Trinajstić information content (AvgIpc) is 2.55. The molecule has 0 radical (unpaired) electrons. The summed E-state index contributed by atoms with van der Waals surface area (Å²) in [6, 6.07) is 15.9. The Balaban J connectivity index is 2.31. The molecule has 3 rings (SSSR count). The highest BCUT2D eigenvalue weighted by Gasteiger charge is 2.15. The minimum absolute atomic E-state index is 0.0128. The summed E-state index contributed by atoms with van der Waals surface area (Å²) in [6.45, 7) is 0. The average molecular weight is 277 g/mol. The Hall–Kier alpha value is -3.06. The molecule has 2 aromatic carbocycles. The Labute approximate surface area is 120 Å². The van der Waals surface area contributed by atoms with Crippen LogP contribution in [0.1, 0.15) is 5.56 Å². The second kappa shape index (κ2) is 5.14. The summed E-state index contributed by atoms with van der Waals surface area (Å²) in [5.74, 6) is 0.976. The van der Waals surface area contributed by atoms with Crippen molar-refractivity contribution in [2.45, 2.75) is 0 Å². The van der Waals surface area contributed by atoms with Gasteiger partial charge < -0.3 is 9.15 Å². The molecular weight excluding hydrogens is 266 g/mol. The molecule has 102 valence electrons. The van der Waals surface area contributed by atoms with E-state index in [9.17, 15) is 10.1 Å².